The van der Waals surface area contributed by atoms with Gasteiger partial charge in [0.1, 0.15) is 0 Å². The minimum atomic E-state index is 0. The molecule has 0 atom stereocenters. The van der Waals surface area contributed by atoms with Crippen LogP contribution in [0, 0.1) is 0 Å². The van der Waals surface area contributed by atoms with E-state index in [1.165, 1.54) is 22.3 Å². The molecule has 0 aromatic heterocycles. The van der Waals surface area contributed by atoms with Crippen molar-refractivity contribution < 1.29 is 34.1 Å². The molecular weight excluding hydrogens is 424 g/mol. The third-order valence-corrected chi connectivity index (χ3v) is 3.99. The van der Waals surface area contributed by atoms with Crippen molar-refractivity contribution in [2.75, 3.05) is 0 Å². The zero-order valence-electron chi connectivity index (χ0n) is 15.4. The largest absolute Gasteiger partial charge is 0.748 e. The summed E-state index contributed by atoms with van der Waals surface area (Å²) in [7, 11) is 0. The maximum absolute atomic E-state index is 2.18. The summed E-state index contributed by atoms with van der Waals surface area (Å²) in [4.78, 5) is 0. The Labute approximate surface area is 189 Å². The second kappa shape index (κ2) is 13.8. The van der Waals surface area contributed by atoms with Gasteiger partial charge in [0.15, 0.2) is 0 Å². The molecule has 0 aliphatic heterocycles. The first kappa shape index (κ1) is 23.7. The van der Waals surface area contributed by atoms with Gasteiger partial charge in [-0.1, -0.05) is 0 Å². The Kier molecular flexibility index (Phi) is 11.7. The van der Waals surface area contributed by atoms with Gasteiger partial charge in [-0.05, 0) is 0 Å². The summed E-state index contributed by atoms with van der Waals surface area (Å²) in [5, 5.41) is 0. The molecule has 0 saturated carbocycles. The fourth-order valence-electron chi connectivity index (χ4n) is 2.74. The van der Waals surface area contributed by atoms with E-state index in [0.717, 1.165) is 0 Å². The number of rotatable bonds is 2. The van der Waals surface area contributed by atoms with E-state index in [9.17, 15) is 0 Å². The molecule has 0 fully saturated rings. The molecule has 5 aromatic rings. The number of hydrogen-bond acceptors (Lipinski definition) is 0. The molecular formula is C26H22Fe2-8. The van der Waals surface area contributed by atoms with Gasteiger partial charge in [0.05, 0.1) is 0 Å². The predicted octanol–water partition coefficient (Wildman–Crippen LogP) is 7.26. The van der Waals surface area contributed by atoms with Crippen LogP contribution < -0.4 is 0 Å². The third kappa shape index (κ3) is 7.35. The minimum absolute atomic E-state index is 0. The average molecular weight is 446 g/mol. The van der Waals surface area contributed by atoms with Crippen LogP contribution in [0.5, 0.6) is 0 Å². The molecule has 0 aliphatic rings. The van der Waals surface area contributed by atoms with E-state index in [0.29, 0.717) is 0 Å². The maximum Gasteiger partial charge on any atom is 0 e. The Morgan fingerprint density at radius 1 is 0.464 bits per heavy atom. The summed E-state index contributed by atoms with van der Waals surface area (Å²) in [6.07, 6.45) is 0. The Hall–Kier alpha value is -2.34. The molecule has 0 radical (unpaired) electrons. The van der Waals surface area contributed by atoms with Gasteiger partial charge >= 0.3 is 0 Å². The fraction of sp³-hybridized carbons (Fsp3) is 0. The molecule has 2 heteroatoms. The van der Waals surface area contributed by atoms with Crippen LogP contribution in [0.3, 0.4) is 0 Å². The van der Waals surface area contributed by atoms with Crippen molar-refractivity contribution in [3.63, 3.8) is 0 Å². The average Bonchev–Trinajstić information content (AvgIpc) is 3.50. The second-order valence-electron chi connectivity index (χ2n) is 5.82. The van der Waals surface area contributed by atoms with Crippen LogP contribution in [-0.4, -0.2) is 0 Å². The first-order valence-corrected chi connectivity index (χ1v) is 8.82. The zero-order chi connectivity index (χ0) is 17.9. The summed E-state index contributed by atoms with van der Waals surface area (Å²) in [6, 6.07) is 45.5. The van der Waals surface area contributed by atoms with E-state index in [1.807, 2.05) is 60.7 Å². The van der Waals surface area contributed by atoms with E-state index in [2.05, 4.69) is 72.8 Å². The van der Waals surface area contributed by atoms with Crippen LogP contribution >= 0.6 is 0 Å². The summed E-state index contributed by atoms with van der Waals surface area (Å²) in [6.45, 7) is 0. The number of hydrogen-bond donors (Lipinski definition) is 0. The summed E-state index contributed by atoms with van der Waals surface area (Å²) >= 11 is 0. The third-order valence-electron chi connectivity index (χ3n) is 3.99. The van der Waals surface area contributed by atoms with Gasteiger partial charge in [-0.3, -0.25) is 0 Å². The van der Waals surface area contributed by atoms with Gasteiger partial charge in [-0.25, -0.2) is 12.1 Å². The van der Waals surface area contributed by atoms with Gasteiger partial charge in [-0.2, -0.15) is 65.7 Å². The molecule has 28 heavy (non-hydrogen) atoms. The Morgan fingerprint density at radius 3 is 1.11 bits per heavy atom. The van der Waals surface area contributed by atoms with Crippen LogP contribution in [0.1, 0.15) is 0 Å². The van der Waals surface area contributed by atoms with E-state index in [-0.39, 0.29) is 34.1 Å². The fourth-order valence-corrected chi connectivity index (χ4v) is 2.74. The summed E-state index contributed by atoms with van der Waals surface area (Å²) in [5.74, 6) is 0. The van der Waals surface area contributed by atoms with E-state index in [4.69, 9.17) is 0 Å². The molecule has 0 N–H and O–H groups in total. The predicted molar refractivity (Wildman–Crippen MR) is 113 cm³/mol. The second-order valence-corrected chi connectivity index (χ2v) is 5.82. The van der Waals surface area contributed by atoms with Crippen LogP contribution in [0.4, 0.5) is 0 Å². The molecule has 5 aromatic carbocycles. The van der Waals surface area contributed by atoms with E-state index >= 15 is 0 Å². The zero-order valence-corrected chi connectivity index (χ0v) is 17.6. The standard InChI is InChI=1S/C16H12.2C5H5.2Fe/c1-2-8-13(7-1)15-11-5-6-12-16(15)14-9-3-4-10-14;2*1-2-4-5-3-1;;/h1-12H;2*1-5H;;/q-2;-5;-1;;. The molecule has 0 amide bonds. The summed E-state index contributed by atoms with van der Waals surface area (Å²) in [5.41, 5.74) is 5.19. The first-order valence-electron chi connectivity index (χ1n) is 8.82. The van der Waals surface area contributed by atoms with Gasteiger partial charge in [0.2, 0.25) is 0 Å². The van der Waals surface area contributed by atoms with Crippen LogP contribution in [0.25, 0.3) is 22.3 Å². The van der Waals surface area contributed by atoms with Crippen LogP contribution in [0.15, 0.2) is 133 Å². The van der Waals surface area contributed by atoms with Gasteiger partial charge in [0.25, 0.3) is 0 Å². The van der Waals surface area contributed by atoms with Crippen molar-refractivity contribution in [1.29, 1.82) is 0 Å². The smallest absolute Gasteiger partial charge is 0 e. The van der Waals surface area contributed by atoms with Crippen molar-refractivity contribution in [2.45, 2.75) is 0 Å². The molecule has 0 aliphatic carbocycles. The van der Waals surface area contributed by atoms with Crippen molar-refractivity contribution in [3.05, 3.63) is 133 Å². The molecule has 150 valence electrons. The van der Waals surface area contributed by atoms with E-state index < -0.39 is 0 Å². The van der Waals surface area contributed by atoms with Crippen molar-refractivity contribution in [3.8, 4) is 22.3 Å². The molecule has 0 heterocycles. The molecule has 0 unspecified atom stereocenters. The molecule has 0 spiro atoms. The van der Waals surface area contributed by atoms with Gasteiger partial charge in [0, 0.05) is 34.1 Å². The van der Waals surface area contributed by atoms with E-state index in [1.54, 1.807) is 0 Å². The molecule has 0 bridgehead atoms. The van der Waals surface area contributed by atoms with Crippen LogP contribution in [-0.2, 0) is 34.1 Å². The van der Waals surface area contributed by atoms with Crippen molar-refractivity contribution in [1.82, 2.24) is 0 Å². The minimum Gasteiger partial charge on any atom is -0.748 e. The summed E-state index contributed by atoms with van der Waals surface area (Å²) < 4.78 is 0. The van der Waals surface area contributed by atoms with Gasteiger partial charge in [-0.15, -0.1) is 47.5 Å². The SMILES string of the molecule is [Fe].[Fe].[cH-]1[cH-][cH-][cH-][cH-]1.c1cc[cH-]c1.c1ccc(-[c-]2cccc2)c(-[c-]2cccc2)c1. The Morgan fingerprint density at radius 2 is 0.821 bits per heavy atom. The Bertz CT molecular complexity index is 797. The van der Waals surface area contributed by atoms with Crippen LogP contribution in [0.2, 0.25) is 0 Å². The number of benzene rings is 1. The van der Waals surface area contributed by atoms with Crippen molar-refractivity contribution in [2.24, 2.45) is 0 Å². The van der Waals surface area contributed by atoms with Crippen molar-refractivity contribution >= 4 is 0 Å². The van der Waals surface area contributed by atoms with Gasteiger partial charge < -0.3 is 30.3 Å². The normalized spacial score (nSPS) is 8.86. The first-order chi connectivity index (χ1) is 12.9. The monoisotopic (exact) mass is 446 g/mol. The molecule has 0 saturated heterocycles. The molecule has 5 rings (SSSR count). The topological polar surface area (TPSA) is 0 Å². The Balaban J connectivity index is 0.000000271. The quantitative estimate of drug-likeness (QED) is 0.198. The maximum atomic E-state index is 2.18. The molecule has 0 nitrogen and oxygen atoms in total.